The van der Waals surface area contributed by atoms with Crippen LogP contribution in [0.3, 0.4) is 0 Å². The van der Waals surface area contributed by atoms with Gasteiger partial charge in [0.25, 0.3) is 0 Å². The fourth-order valence-electron chi connectivity index (χ4n) is 2.36. The number of aryl methyl sites for hydroxylation is 1. The highest BCUT2D eigenvalue weighted by molar-refractivity contribution is 5.54. The summed E-state index contributed by atoms with van der Waals surface area (Å²) in [7, 11) is 0. The van der Waals surface area contributed by atoms with E-state index in [4.69, 9.17) is 9.78 Å². The Hall–Kier alpha value is -3.48. The number of nitrogens with zero attached hydrogens (tertiary/aromatic N) is 4. The predicted molar refractivity (Wildman–Crippen MR) is 90.5 cm³/mol. The number of pyridine rings is 1. The number of nitrogens with one attached hydrogen (secondary N) is 1. The molecule has 0 aliphatic heterocycles. The molecular formula is C18H13F4N5O. The van der Waals surface area contributed by atoms with E-state index >= 15 is 0 Å². The molecule has 144 valence electrons. The van der Waals surface area contributed by atoms with Crippen LogP contribution in [0.25, 0.3) is 11.4 Å². The second-order valence-corrected chi connectivity index (χ2v) is 5.75. The summed E-state index contributed by atoms with van der Waals surface area (Å²) in [5.74, 6) is 0.140. The SMILES string of the molecule is N#Cc1ccc(C(F)(F)F)nc1NCCCc1nc(-c2ccc(F)cc2)no1. The van der Waals surface area contributed by atoms with Gasteiger partial charge in [-0.3, -0.25) is 0 Å². The van der Waals surface area contributed by atoms with Crippen LogP contribution in [0.1, 0.15) is 23.6 Å². The largest absolute Gasteiger partial charge is 0.433 e. The maximum absolute atomic E-state index is 12.9. The summed E-state index contributed by atoms with van der Waals surface area (Å²) in [5.41, 5.74) is -0.458. The maximum atomic E-state index is 12.9. The van der Waals surface area contributed by atoms with E-state index in [0.717, 1.165) is 12.1 Å². The van der Waals surface area contributed by atoms with E-state index < -0.39 is 11.9 Å². The fourth-order valence-corrected chi connectivity index (χ4v) is 2.36. The van der Waals surface area contributed by atoms with Crippen molar-refractivity contribution in [3.8, 4) is 17.5 Å². The number of nitriles is 1. The molecule has 0 unspecified atom stereocenters. The van der Waals surface area contributed by atoms with E-state index in [1.807, 2.05) is 0 Å². The molecule has 3 aromatic rings. The molecule has 0 bridgehead atoms. The summed E-state index contributed by atoms with van der Waals surface area (Å²) in [6.45, 7) is 0.247. The van der Waals surface area contributed by atoms with Gasteiger partial charge in [-0.05, 0) is 42.8 Å². The third-order valence-corrected chi connectivity index (χ3v) is 3.74. The molecule has 0 amide bonds. The monoisotopic (exact) mass is 391 g/mol. The van der Waals surface area contributed by atoms with E-state index in [-0.39, 0.29) is 23.7 Å². The highest BCUT2D eigenvalue weighted by atomic mass is 19.4. The number of benzene rings is 1. The van der Waals surface area contributed by atoms with Crippen molar-refractivity contribution >= 4 is 5.82 Å². The van der Waals surface area contributed by atoms with Crippen LogP contribution in [-0.4, -0.2) is 21.7 Å². The van der Waals surface area contributed by atoms with Gasteiger partial charge in [0, 0.05) is 18.5 Å². The number of rotatable bonds is 6. The van der Waals surface area contributed by atoms with Gasteiger partial charge >= 0.3 is 6.18 Å². The van der Waals surface area contributed by atoms with Crippen LogP contribution in [0.5, 0.6) is 0 Å². The van der Waals surface area contributed by atoms with E-state index in [0.29, 0.717) is 30.1 Å². The number of aromatic nitrogens is 3. The lowest BCUT2D eigenvalue weighted by atomic mass is 10.2. The first-order chi connectivity index (χ1) is 13.4. The standard InChI is InChI=1S/C18H13F4N5O/c19-13-6-3-11(4-7-13)17-26-15(28-27-17)2-1-9-24-16-12(10-23)5-8-14(25-16)18(20,21)22/h3-8H,1-2,9H2,(H,24,25). The van der Waals surface area contributed by atoms with Crippen molar-refractivity contribution < 1.29 is 22.1 Å². The molecule has 10 heteroatoms. The van der Waals surface area contributed by atoms with Crippen molar-refractivity contribution in [3.63, 3.8) is 0 Å². The number of halogens is 4. The Balaban J connectivity index is 1.58. The first kappa shape index (κ1) is 19.3. The Morgan fingerprint density at radius 1 is 1.07 bits per heavy atom. The zero-order valence-electron chi connectivity index (χ0n) is 14.3. The molecule has 0 fully saturated rings. The highest BCUT2D eigenvalue weighted by Gasteiger charge is 2.33. The molecule has 6 nitrogen and oxygen atoms in total. The maximum Gasteiger partial charge on any atom is 0.433 e. The Morgan fingerprint density at radius 2 is 1.82 bits per heavy atom. The third kappa shape index (κ3) is 4.62. The smallest absolute Gasteiger partial charge is 0.369 e. The van der Waals surface area contributed by atoms with Crippen molar-refractivity contribution in [1.82, 2.24) is 15.1 Å². The molecule has 1 aromatic carbocycles. The minimum Gasteiger partial charge on any atom is -0.369 e. The zero-order chi connectivity index (χ0) is 20.1. The van der Waals surface area contributed by atoms with E-state index in [9.17, 15) is 17.6 Å². The molecular weight excluding hydrogens is 378 g/mol. The number of hydrogen-bond donors (Lipinski definition) is 1. The van der Waals surface area contributed by atoms with Gasteiger partial charge in [0.05, 0.1) is 5.56 Å². The lowest BCUT2D eigenvalue weighted by molar-refractivity contribution is -0.141. The second-order valence-electron chi connectivity index (χ2n) is 5.75. The molecule has 0 saturated heterocycles. The van der Waals surface area contributed by atoms with Gasteiger partial charge in [-0.25, -0.2) is 9.37 Å². The Morgan fingerprint density at radius 3 is 2.50 bits per heavy atom. The van der Waals surface area contributed by atoms with Gasteiger partial charge in [0.2, 0.25) is 11.7 Å². The number of anilines is 1. The molecule has 0 spiro atoms. The van der Waals surface area contributed by atoms with Crippen LogP contribution in [0.15, 0.2) is 40.9 Å². The van der Waals surface area contributed by atoms with Gasteiger partial charge in [0.1, 0.15) is 23.4 Å². The summed E-state index contributed by atoms with van der Waals surface area (Å²) in [6.07, 6.45) is -3.78. The molecule has 0 aliphatic carbocycles. The summed E-state index contributed by atoms with van der Waals surface area (Å²) < 4.78 is 56.3. The van der Waals surface area contributed by atoms with Crippen LogP contribution in [0.4, 0.5) is 23.4 Å². The normalized spacial score (nSPS) is 11.2. The van der Waals surface area contributed by atoms with Crippen molar-refractivity contribution in [2.45, 2.75) is 19.0 Å². The molecule has 0 aliphatic rings. The molecule has 0 saturated carbocycles. The van der Waals surface area contributed by atoms with Gasteiger partial charge in [-0.15, -0.1) is 0 Å². The van der Waals surface area contributed by atoms with Gasteiger partial charge in [-0.1, -0.05) is 5.16 Å². The van der Waals surface area contributed by atoms with Crippen molar-refractivity contribution in [2.75, 3.05) is 11.9 Å². The summed E-state index contributed by atoms with van der Waals surface area (Å²) in [4.78, 5) is 7.66. The van der Waals surface area contributed by atoms with Crippen LogP contribution in [0.2, 0.25) is 0 Å². The molecule has 2 aromatic heterocycles. The van der Waals surface area contributed by atoms with Gasteiger partial charge in [-0.2, -0.15) is 23.4 Å². The van der Waals surface area contributed by atoms with Crippen LogP contribution >= 0.6 is 0 Å². The molecule has 0 atom stereocenters. The van der Waals surface area contributed by atoms with Gasteiger partial charge in [0.15, 0.2) is 0 Å². The molecule has 28 heavy (non-hydrogen) atoms. The first-order valence-corrected chi connectivity index (χ1v) is 8.17. The van der Waals surface area contributed by atoms with Crippen molar-refractivity contribution in [2.24, 2.45) is 0 Å². The molecule has 1 N–H and O–H groups in total. The zero-order valence-corrected chi connectivity index (χ0v) is 14.3. The summed E-state index contributed by atoms with van der Waals surface area (Å²) in [5, 5.41) is 15.5. The van der Waals surface area contributed by atoms with Crippen LogP contribution in [0, 0.1) is 17.1 Å². The molecule has 2 heterocycles. The predicted octanol–water partition coefficient (Wildman–Crippen LogP) is 4.21. The summed E-state index contributed by atoms with van der Waals surface area (Å²) >= 11 is 0. The second kappa shape index (κ2) is 8.04. The first-order valence-electron chi connectivity index (χ1n) is 8.17. The third-order valence-electron chi connectivity index (χ3n) is 3.74. The van der Waals surface area contributed by atoms with E-state index in [2.05, 4.69) is 20.4 Å². The van der Waals surface area contributed by atoms with Crippen LogP contribution < -0.4 is 5.32 Å². The minimum atomic E-state index is -4.59. The van der Waals surface area contributed by atoms with Crippen molar-refractivity contribution in [3.05, 3.63) is 59.4 Å². The number of alkyl halides is 3. The van der Waals surface area contributed by atoms with E-state index in [1.54, 1.807) is 6.07 Å². The summed E-state index contributed by atoms with van der Waals surface area (Å²) in [6, 6.07) is 9.24. The lowest BCUT2D eigenvalue weighted by Crippen LogP contribution is -2.12. The average molecular weight is 391 g/mol. The highest BCUT2D eigenvalue weighted by Crippen LogP contribution is 2.29. The van der Waals surface area contributed by atoms with Crippen molar-refractivity contribution in [1.29, 1.82) is 5.26 Å². The topological polar surface area (TPSA) is 87.6 Å². The lowest BCUT2D eigenvalue weighted by Gasteiger charge is -2.10. The fraction of sp³-hybridized carbons (Fsp3) is 0.222. The Kier molecular flexibility index (Phi) is 5.54. The Labute approximate surface area is 156 Å². The quantitative estimate of drug-likeness (QED) is 0.500. The van der Waals surface area contributed by atoms with E-state index in [1.165, 1.54) is 24.3 Å². The molecule has 3 rings (SSSR count). The average Bonchev–Trinajstić information content (AvgIpc) is 3.14. The Bertz CT molecular complexity index is 992. The van der Waals surface area contributed by atoms with Crippen LogP contribution in [-0.2, 0) is 12.6 Å². The number of hydrogen-bond acceptors (Lipinski definition) is 6. The molecule has 0 radical (unpaired) electrons. The minimum absolute atomic E-state index is 0.0180. The van der Waals surface area contributed by atoms with Gasteiger partial charge < -0.3 is 9.84 Å².